The van der Waals surface area contributed by atoms with Gasteiger partial charge < -0.3 is 19.1 Å². The van der Waals surface area contributed by atoms with E-state index in [-0.39, 0.29) is 17.4 Å². The van der Waals surface area contributed by atoms with Crippen molar-refractivity contribution in [1.82, 2.24) is 4.90 Å². The van der Waals surface area contributed by atoms with Crippen molar-refractivity contribution in [3.8, 4) is 5.75 Å². The maximum atomic E-state index is 12.4. The Morgan fingerprint density at radius 2 is 1.83 bits per heavy atom. The summed E-state index contributed by atoms with van der Waals surface area (Å²) in [6.07, 6.45) is -0.382. The lowest BCUT2D eigenvalue weighted by atomic mass is 9.87. The lowest BCUT2D eigenvalue weighted by Gasteiger charge is -2.40. The molecule has 134 valence electrons. The van der Waals surface area contributed by atoms with E-state index in [0.29, 0.717) is 26.3 Å². The van der Waals surface area contributed by atoms with Gasteiger partial charge in [-0.3, -0.25) is 4.79 Å². The molecule has 1 aliphatic heterocycles. The van der Waals surface area contributed by atoms with Crippen LogP contribution in [0, 0.1) is 0 Å². The molecule has 1 amide bonds. The number of carbonyl (C=O) groups excluding carboxylic acids is 1. The van der Waals surface area contributed by atoms with Gasteiger partial charge in [0.05, 0.1) is 19.3 Å². The van der Waals surface area contributed by atoms with E-state index in [1.54, 1.807) is 18.9 Å². The van der Waals surface area contributed by atoms with Gasteiger partial charge in [0.25, 0.3) is 5.91 Å². The zero-order valence-electron chi connectivity index (χ0n) is 15.4. The summed E-state index contributed by atoms with van der Waals surface area (Å²) in [5.74, 6) is 0.721. The van der Waals surface area contributed by atoms with Gasteiger partial charge in [0.1, 0.15) is 5.75 Å². The van der Waals surface area contributed by atoms with Crippen molar-refractivity contribution < 1.29 is 19.0 Å². The molecule has 1 heterocycles. The lowest BCUT2D eigenvalue weighted by molar-refractivity contribution is -0.152. The molecule has 0 aliphatic carbocycles. The first-order valence-electron chi connectivity index (χ1n) is 8.48. The van der Waals surface area contributed by atoms with Crippen LogP contribution >= 0.6 is 0 Å². The fourth-order valence-electron chi connectivity index (χ4n) is 2.57. The van der Waals surface area contributed by atoms with Crippen LogP contribution in [0.2, 0.25) is 0 Å². The second-order valence-electron chi connectivity index (χ2n) is 7.26. The molecule has 1 aromatic rings. The Kier molecular flexibility index (Phi) is 6.24. The second kappa shape index (κ2) is 7.99. The molecule has 5 nitrogen and oxygen atoms in total. The molecule has 1 aromatic carbocycles. The van der Waals surface area contributed by atoms with Gasteiger partial charge in [-0.25, -0.2) is 0 Å². The summed E-state index contributed by atoms with van der Waals surface area (Å²) in [6, 6.07) is 7.96. The average molecular weight is 335 g/mol. The Labute approximate surface area is 144 Å². The summed E-state index contributed by atoms with van der Waals surface area (Å²) in [4.78, 5) is 14.1. The predicted molar refractivity (Wildman–Crippen MR) is 93.4 cm³/mol. The van der Waals surface area contributed by atoms with E-state index >= 15 is 0 Å². The van der Waals surface area contributed by atoms with Gasteiger partial charge in [-0.1, -0.05) is 32.9 Å². The van der Waals surface area contributed by atoms with Crippen molar-refractivity contribution >= 4 is 5.91 Å². The van der Waals surface area contributed by atoms with Crippen LogP contribution < -0.4 is 4.74 Å². The molecule has 1 saturated heterocycles. The summed E-state index contributed by atoms with van der Waals surface area (Å²) < 4.78 is 16.3. The summed E-state index contributed by atoms with van der Waals surface area (Å²) in [5.41, 5.74) is 1.35. The number of carbonyl (C=O) groups is 1. The number of likely N-dealkylation sites (tertiary alicyclic amines) is 1. The standard InChI is InChI=1S/C19H29NO4/c1-14(18(21)20-12-17(13-20)23-11-10-22-5)24-16-8-6-15(7-9-16)19(2,3)4/h6-9,14,17H,10-13H2,1-5H3. The lowest BCUT2D eigenvalue weighted by Crippen LogP contribution is -2.57. The number of nitrogens with zero attached hydrogens (tertiary/aromatic N) is 1. The largest absolute Gasteiger partial charge is 0.481 e. The van der Waals surface area contributed by atoms with Crippen LogP contribution in [0.5, 0.6) is 5.75 Å². The Bertz CT molecular complexity index is 529. The third-order valence-corrected chi connectivity index (χ3v) is 4.18. The van der Waals surface area contributed by atoms with Gasteiger partial charge in [-0.2, -0.15) is 0 Å². The smallest absolute Gasteiger partial charge is 0.263 e. The number of hydrogen-bond acceptors (Lipinski definition) is 4. The van der Waals surface area contributed by atoms with Crippen molar-refractivity contribution in [1.29, 1.82) is 0 Å². The highest BCUT2D eigenvalue weighted by molar-refractivity contribution is 5.81. The van der Waals surface area contributed by atoms with Crippen LogP contribution in [0.4, 0.5) is 0 Å². The monoisotopic (exact) mass is 335 g/mol. The van der Waals surface area contributed by atoms with Crippen molar-refractivity contribution in [2.24, 2.45) is 0 Å². The molecule has 0 spiro atoms. The van der Waals surface area contributed by atoms with E-state index in [2.05, 4.69) is 32.9 Å². The predicted octanol–water partition coefficient (Wildman–Crippen LogP) is 2.63. The summed E-state index contributed by atoms with van der Waals surface area (Å²) in [7, 11) is 1.65. The molecule has 0 N–H and O–H groups in total. The molecule has 0 aromatic heterocycles. The van der Waals surface area contributed by atoms with E-state index in [1.165, 1.54) is 5.56 Å². The fraction of sp³-hybridized carbons (Fsp3) is 0.632. The van der Waals surface area contributed by atoms with Crippen molar-refractivity contribution in [3.63, 3.8) is 0 Å². The molecule has 24 heavy (non-hydrogen) atoms. The first-order valence-corrected chi connectivity index (χ1v) is 8.48. The Balaban J connectivity index is 1.78. The van der Waals surface area contributed by atoms with Crippen molar-refractivity contribution in [2.75, 3.05) is 33.4 Å². The summed E-state index contributed by atoms with van der Waals surface area (Å²) >= 11 is 0. The maximum Gasteiger partial charge on any atom is 0.263 e. The second-order valence-corrected chi connectivity index (χ2v) is 7.26. The van der Waals surface area contributed by atoms with Crippen LogP contribution in [-0.4, -0.2) is 56.4 Å². The van der Waals surface area contributed by atoms with Gasteiger partial charge in [0.2, 0.25) is 0 Å². The van der Waals surface area contributed by atoms with Crippen LogP contribution in [0.1, 0.15) is 33.3 Å². The van der Waals surface area contributed by atoms with Gasteiger partial charge >= 0.3 is 0 Å². The highest BCUT2D eigenvalue weighted by atomic mass is 16.5. The summed E-state index contributed by atoms with van der Waals surface area (Å²) in [6.45, 7) is 10.7. The van der Waals surface area contributed by atoms with E-state index < -0.39 is 6.10 Å². The number of methoxy groups -OCH3 is 1. The minimum atomic E-state index is -0.495. The first-order chi connectivity index (χ1) is 11.3. The topological polar surface area (TPSA) is 48.0 Å². The highest BCUT2D eigenvalue weighted by Gasteiger charge is 2.34. The molecule has 1 atom stereocenters. The number of rotatable bonds is 7. The third kappa shape index (κ3) is 4.95. The van der Waals surface area contributed by atoms with Gasteiger partial charge in [-0.15, -0.1) is 0 Å². The normalized spacial score (nSPS) is 16.6. The zero-order valence-corrected chi connectivity index (χ0v) is 15.4. The maximum absolute atomic E-state index is 12.4. The first kappa shape index (κ1) is 18.7. The minimum Gasteiger partial charge on any atom is -0.481 e. The minimum absolute atomic E-state index is 0.00138. The third-order valence-electron chi connectivity index (χ3n) is 4.18. The summed E-state index contributed by atoms with van der Waals surface area (Å²) in [5, 5.41) is 0. The average Bonchev–Trinajstić information content (AvgIpc) is 2.48. The van der Waals surface area contributed by atoms with E-state index in [4.69, 9.17) is 14.2 Å². The molecule has 0 saturated carbocycles. The molecule has 5 heteroatoms. The molecule has 1 aliphatic rings. The molecular formula is C19H29NO4. The van der Waals surface area contributed by atoms with Gasteiger partial charge in [-0.05, 0) is 30.0 Å². The van der Waals surface area contributed by atoms with Gasteiger partial charge in [0.15, 0.2) is 6.10 Å². The van der Waals surface area contributed by atoms with Crippen molar-refractivity contribution in [2.45, 2.75) is 45.3 Å². The Morgan fingerprint density at radius 3 is 2.38 bits per heavy atom. The van der Waals surface area contributed by atoms with Crippen LogP contribution in [0.15, 0.2) is 24.3 Å². The molecular weight excluding hydrogens is 306 g/mol. The molecule has 1 fully saturated rings. The number of ether oxygens (including phenoxy) is 3. The number of benzene rings is 1. The van der Waals surface area contributed by atoms with Crippen LogP contribution in [-0.2, 0) is 19.7 Å². The number of amides is 1. The molecule has 1 unspecified atom stereocenters. The molecule has 2 rings (SSSR count). The van der Waals surface area contributed by atoms with Gasteiger partial charge in [0, 0.05) is 20.2 Å². The van der Waals surface area contributed by atoms with E-state index in [9.17, 15) is 4.79 Å². The SMILES string of the molecule is COCCOC1CN(C(=O)C(C)Oc2ccc(C(C)(C)C)cc2)C1. The Hall–Kier alpha value is -1.59. The molecule has 0 radical (unpaired) electrons. The Morgan fingerprint density at radius 1 is 1.21 bits per heavy atom. The van der Waals surface area contributed by atoms with Crippen LogP contribution in [0.25, 0.3) is 0 Å². The van der Waals surface area contributed by atoms with E-state index in [0.717, 1.165) is 5.75 Å². The highest BCUT2D eigenvalue weighted by Crippen LogP contribution is 2.25. The van der Waals surface area contributed by atoms with Crippen LogP contribution in [0.3, 0.4) is 0 Å². The zero-order chi connectivity index (χ0) is 17.7. The molecule has 0 bridgehead atoms. The fourth-order valence-corrected chi connectivity index (χ4v) is 2.57. The van der Waals surface area contributed by atoms with E-state index in [1.807, 2.05) is 12.1 Å². The quantitative estimate of drug-likeness (QED) is 0.719. The number of hydrogen-bond donors (Lipinski definition) is 0. The van der Waals surface area contributed by atoms with Crippen molar-refractivity contribution in [3.05, 3.63) is 29.8 Å².